The molecule has 5 nitrogen and oxygen atoms in total. The summed E-state index contributed by atoms with van der Waals surface area (Å²) in [6, 6.07) is 16.0. The summed E-state index contributed by atoms with van der Waals surface area (Å²) in [4.78, 5) is 18.3. The lowest BCUT2D eigenvalue weighted by Gasteiger charge is -2.32. The number of piperidine rings is 1. The van der Waals surface area contributed by atoms with Gasteiger partial charge < -0.3 is 14.4 Å². The number of methoxy groups -OCH3 is 1. The molecule has 3 aromatic rings. The number of ether oxygens (including phenoxy) is 2. The first-order valence-corrected chi connectivity index (χ1v) is 10.2. The van der Waals surface area contributed by atoms with Crippen LogP contribution < -0.4 is 9.47 Å². The molecule has 0 bridgehead atoms. The number of pyridine rings is 1. The highest BCUT2D eigenvalue weighted by Gasteiger charge is 2.23. The van der Waals surface area contributed by atoms with Crippen molar-refractivity contribution in [3.8, 4) is 22.6 Å². The average Bonchev–Trinajstić information content (AvgIpc) is 2.79. The van der Waals surface area contributed by atoms with Crippen LogP contribution in [0, 0.1) is 0 Å². The highest BCUT2D eigenvalue weighted by Crippen LogP contribution is 2.36. The SMILES string of the molecule is CCC(=O)N1CCC(Oc2ccc(-c3cnc4ccccc4c3OC)cc2)CC1. The van der Waals surface area contributed by atoms with Crippen molar-refractivity contribution in [2.45, 2.75) is 32.3 Å². The fourth-order valence-electron chi connectivity index (χ4n) is 3.89. The quantitative estimate of drug-likeness (QED) is 0.634. The Morgan fingerprint density at radius 3 is 2.52 bits per heavy atom. The zero-order valence-electron chi connectivity index (χ0n) is 16.9. The molecule has 0 aliphatic carbocycles. The number of amides is 1. The van der Waals surface area contributed by atoms with Crippen molar-refractivity contribution >= 4 is 16.8 Å². The summed E-state index contributed by atoms with van der Waals surface area (Å²) in [5.41, 5.74) is 2.92. The minimum Gasteiger partial charge on any atom is -0.495 e. The predicted octanol–water partition coefficient (Wildman–Crippen LogP) is 4.69. The second-order valence-electron chi connectivity index (χ2n) is 7.30. The van der Waals surface area contributed by atoms with Gasteiger partial charge in [-0.1, -0.05) is 31.2 Å². The molecule has 4 rings (SSSR count). The van der Waals surface area contributed by atoms with Crippen LogP contribution in [-0.4, -0.2) is 42.1 Å². The van der Waals surface area contributed by atoms with E-state index >= 15 is 0 Å². The predicted molar refractivity (Wildman–Crippen MR) is 114 cm³/mol. The van der Waals surface area contributed by atoms with E-state index < -0.39 is 0 Å². The number of carbonyl (C=O) groups excluding carboxylic acids is 1. The Kier molecular flexibility index (Phi) is 5.65. The lowest BCUT2D eigenvalue weighted by Crippen LogP contribution is -2.41. The summed E-state index contributed by atoms with van der Waals surface area (Å²) in [5, 5.41) is 1.00. The van der Waals surface area contributed by atoms with Gasteiger partial charge in [-0.15, -0.1) is 0 Å². The fraction of sp³-hybridized carbons (Fsp3) is 0.333. The number of hydrogen-bond donors (Lipinski definition) is 0. The molecule has 0 saturated carbocycles. The van der Waals surface area contributed by atoms with E-state index in [1.807, 2.05) is 66.6 Å². The Hall–Kier alpha value is -3.08. The third-order valence-electron chi connectivity index (χ3n) is 5.50. The monoisotopic (exact) mass is 390 g/mol. The molecule has 0 radical (unpaired) electrons. The number of para-hydroxylation sites is 1. The molecule has 5 heteroatoms. The van der Waals surface area contributed by atoms with Crippen molar-refractivity contribution in [3.63, 3.8) is 0 Å². The molecule has 1 aliphatic heterocycles. The molecule has 1 saturated heterocycles. The van der Waals surface area contributed by atoms with Gasteiger partial charge in [0.05, 0.1) is 12.6 Å². The first-order chi connectivity index (χ1) is 14.2. The molecule has 150 valence electrons. The summed E-state index contributed by atoms with van der Waals surface area (Å²) < 4.78 is 11.8. The first-order valence-electron chi connectivity index (χ1n) is 10.2. The van der Waals surface area contributed by atoms with Gasteiger partial charge in [0.1, 0.15) is 17.6 Å². The maximum atomic E-state index is 11.8. The van der Waals surface area contributed by atoms with Gasteiger partial charge in [0.25, 0.3) is 0 Å². The van der Waals surface area contributed by atoms with Gasteiger partial charge in [-0.25, -0.2) is 0 Å². The van der Waals surface area contributed by atoms with Gasteiger partial charge in [0.15, 0.2) is 0 Å². The first kappa shape index (κ1) is 19.2. The molecule has 0 spiro atoms. The van der Waals surface area contributed by atoms with E-state index in [0.717, 1.165) is 59.5 Å². The Morgan fingerprint density at radius 1 is 1.10 bits per heavy atom. The van der Waals surface area contributed by atoms with Crippen LogP contribution >= 0.6 is 0 Å². The number of fused-ring (bicyclic) bond motifs is 1. The molecule has 0 unspecified atom stereocenters. The van der Waals surface area contributed by atoms with Crippen molar-refractivity contribution in [3.05, 3.63) is 54.7 Å². The standard InChI is InChI=1S/C24H26N2O3/c1-3-23(27)26-14-12-19(13-15-26)29-18-10-8-17(9-11-18)21-16-25-22-7-5-4-6-20(22)24(21)28-2/h4-11,16,19H,3,12-15H2,1-2H3. The van der Waals surface area contributed by atoms with Crippen molar-refractivity contribution < 1.29 is 14.3 Å². The number of aromatic nitrogens is 1. The van der Waals surface area contributed by atoms with Crippen LogP contribution in [-0.2, 0) is 4.79 Å². The lowest BCUT2D eigenvalue weighted by molar-refractivity contribution is -0.132. The van der Waals surface area contributed by atoms with Crippen LogP contribution in [0.15, 0.2) is 54.7 Å². The molecule has 0 N–H and O–H groups in total. The van der Waals surface area contributed by atoms with Gasteiger partial charge in [-0.05, 0) is 29.8 Å². The zero-order valence-corrected chi connectivity index (χ0v) is 16.9. The molecule has 2 heterocycles. The van der Waals surface area contributed by atoms with Gasteiger partial charge in [-0.2, -0.15) is 0 Å². The summed E-state index contributed by atoms with van der Waals surface area (Å²) in [5.74, 6) is 1.91. The normalized spacial score (nSPS) is 14.8. The lowest BCUT2D eigenvalue weighted by atomic mass is 10.0. The summed E-state index contributed by atoms with van der Waals surface area (Å²) >= 11 is 0. The minimum atomic E-state index is 0.152. The van der Waals surface area contributed by atoms with E-state index in [4.69, 9.17) is 9.47 Å². The summed E-state index contributed by atoms with van der Waals surface area (Å²) in [7, 11) is 1.69. The molecule has 29 heavy (non-hydrogen) atoms. The van der Waals surface area contributed by atoms with Gasteiger partial charge in [0.2, 0.25) is 5.91 Å². The maximum Gasteiger partial charge on any atom is 0.222 e. The van der Waals surface area contributed by atoms with Crippen molar-refractivity contribution in [1.29, 1.82) is 0 Å². The second-order valence-corrected chi connectivity index (χ2v) is 7.30. The zero-order chi connectivity index (χ0) is 20.2. The molecular formula is C24H26N2O3. The van der Waals surface area contributed by atoms with E-state index in [2.05, 4.69) is 4.98 Å². The van der Waals surface area contributed by atoms with Crippen LogP contribution in [0.4, 0.5) is 0 Å². The Labute approximate surface area is 171 Å². The maximum absolute atomic E-state index is 11.8. The fourth-order valence-corrected chi connectivity index (χ4v) is 3.89. The Balaban J connectivity index is 1.48. The van der Waals surface area contributed by atoms with Crippen molar-refractivity contribution in [2.24, 2.45) is 0 Å². The molecule has 1 amide bonds. The minimum absolute atomic E-state index is 0.152. The van der Waals surface area contributed by atoms with Crippen molar-refractivity contribution in [1.82, 2.24) is 9.88 Å². The van der Waals surface area contributed by atoms with Gasteiger partial charge in [0, 0.05) is 49.5 Å². The molecule has 1 aromatic heterocycles. The Bertz CT molecular complexity index is 993. The van der Waals surface area contributed by atoms with E-state index in [1.54, 1.807) is 7.11 Å². The van der Waals surface area contributed by atoms with E-state index in [0.29, 0.717) is 6.42 Å². The molecular weight excluding hydrogens is 364 g/mol. The summed E-state index contributed by atoms with van der Waals surface area (Å²) in [6.07, 6.45) is 4.32. The smallest absolute Gasteiger partial charge is 0.222 e. The molecule has 2 aromatic carbocycles. The Morgan fingerprint density at radius 2 is 1.83 bits per heavy atom. The number of nitrogens with zero attached hydrogens (tertiary/aromatic N) is 2. The number of carbonyl (C=O) groups is 1. The third kappa shape index (κ3) is 4.04. The van der Waals surface area contributed by atoms with Gasteiger partial charge in [-0.3, -0.25) is 9.78 Å². The second kappa shape index (κ2) is 8.52. The molecule has 1 fully saturated rings. The van der Waals surface area contributed by atoms with Crippen LogP contribution in [0.2, 0.25) is 0 Å². The highest BCUT2D eigenvalue weighted by atomic mass is 16.5. The molecule has 1 aliphatic rings. The van der Waals surface area contributed by atoms with Crippen molar-refractivity contribution in [2.75, 3.05) is 20.2 Å². The number of hydrogen-bond acceptors (Lipinski definition) is 4. The largest absolute Gasteiger partial charge is 0.495 e. The van der Waals surface area contributed by atoms with Crippen LogP contribution in [0.1, 0.15) is 26.2 Å². The summed E-state index contributed by atoms with van der Waals surface area (Å²) in [6.45, 7) is 3.46. The topological polar surface area (TPSA) is 51.7 Å². The van der Waals surface area contributed by atoms with Crippen LogP contribution in [0.3, 0.4) is 0 Å². The highest BCUT2D eigenvalue weighted by molar-refractivity contribution is 5.92. The number of rotatable bonds is 5. The number of benzene rings is 2. The van der Waals surface area contributed by atoms with E-state index in [-0.39, 0.29) is 12.0 Å². The average molecular weight is 390 g/mol. The van der Waals surface area contributed by atoms with Crippen LogP contribution in [0.25, 0.3) is 22.0 Å². The third-order valence-corrected chi connectivity index (χ3v) is 5.50. The van der Waals surface area contributed by atoms with Crippen LogP contribution in [0.5, 0.6) is 11.5 Å². The van der Waals surface area contributed by atoms with Gasteiger partial charge >= 0.3 is 0 Å². The van der Waals surface area contributed by atoms with E-state index in [9.17, 15) is 4.79 Å². The number of likely N-dealkylation sites (tertiary alicyclic amines) is 1. The molecule has 0 atom stereocenters. The van der Waals surface area contributed by atoms with E-state index in [1.165, 1.54) is 0 Å².